The molecular weight excluding hydrogens is 328 g/mol. The molecular formula is C17H26N2O4S. The van der Waals surface area contributed by atoms with Crippen LogP contribution in [-0.4, -0.2) is 61.6 Å². The van der Waals surface area contributed by atoms with Crippen LogP contribution in [-0.2, 0) is 21.2 Å². The van der Waals surface area contributed by atoms with Crippen LogP contribution >= 0.6 is 0 Å². The van der Waals surface area contributed by atoms with Crippen LogP contribution in [0.5, 0.6) is 0 Å². The number of nitrogens with zero attached hydrogens (tertiary/aromatic N) is 1. The Labute approximate surface area is 143 Å². The minimum Gasteiger partial charge on any atom is -0.379 e. The van der Waals surface area contributed by atoms with Crippen molar-refractivity contribution in [1.82, 2.24) is 10.2 Å². The average molecular weight is 354 g/mol. The Hall–Kier alpha value is -1.44. The highest BCUT2D eigenvalue weighted by Crippen LogP contribution is 2.24. The predicted molar refractivity (Wildman–Crippen MR) is 93.4 cm³/mol. The van der Waals surface area contributed by atoms with Crippen molar-refractivity contribution in [2.24, 2.45) is 0 Å². The summed E-state index contributed by atoms with van der Waals surface area (Å²) in [4.78, 5) is 14.3. The molecule has 2 N–H and O–H groups in total. The number of carbonyl (C=O) groups is 1. The van der Waals surface area contributed by atoms with Gasteiger partial charge in [0.15, 0.2) is 5.60 Å². The molecule has 1 heterocycles. The summed E-state index contributed by atoms with van der Waals surface area (Å²) in [6.07, 6.45) is 2.28. The maximum atomic E-state index is 12.6. The number of hydrogen-bond donors (Lipinski definition) is 2. The van der Waals surface area contributed by atoms with Crippen molar-refractivity contribution in [1.29, 1.82) is 0 Å². The lowest BCUT2D eigenvalue weighted by Crippen LogP contribution is -2.58. The largest absolute Gasteiger partial charge is 0.379 e. The van der Waals surface area contributed by atoms with Gasteiger partial charge < -0.3 is 15.3 Å². The molecule has 134 valence electrons. The minimum absolute atomic E-state index is 0.00965. The summed E-state index contributed by atoms with van der Waals surface area (Å²) >= 11 is 0. The summed E-state index contributed by atoms with van der Waals surface area (Å²) < 4.78 is 22.3. The summed E-state index contributed by atoms with van der Waals surface area (Å²) in [6, 6.07) is 7.96. The Morgan fingerprint density at radius 3 is 2.79 bits per heavy atom. The third kappa shape index (κ3) is 5.29. The van der Waals surface area contributed by atoms with E-state index >= 15 is 0 Å². The molecule has 0 radical (unpaired) electrons. The number of aliphatic hydroxyl groups is 1. The van der Waals surface area contributed by atoms with Gasteiger partial charge in [0.25, 0.3) is 5.91 Å². The fourth-order valence-electron chi connectivity index (χ4n) is 2.96. The van der Waals surface area contributed by atoms with Gasteiger partial charge in [-0.1, -0.05) is 29.8 Å². The maximum Gasteiger partial charge on any atom is 0.256 e. The number of sulfone groups is 1. The molecule has 0 aliphatic carbocycles. The van der Waals surface area contributed by atoms with Gasteiger partial charge in [0.1, 0.15) is 9.84 Å². The van der Waals surface area contributed by atoms with Crippen molar-refractivity contribution in [3.05, 3.63) is 35.4 Å². The molecule has 1 aliphatic heterocycles. The van der Waals surface area contributed by atoms with E-state index in [1.165, 1.54) is 6.26 Å². The van der Waals surface area contributed by atoms with Crippen molar-refractivity contribution in [2.45, 2.75) is 31.9 Å². The second kappa shape index (κ2) is 7.63. The van der Waals surface area contributed by atoms with Crippen LogP contribution in [0.1, 0.15) is 24.0 Å². The highest BCUT2D eigenvalue weighted by atomic mass is 32.2. The molecule has 0 bridgehead atoms. The SMILES string of the molecule is Cc1cccc(CN2CCCC(O)(CNCCS(C)(=O)=O)C2=O)c1. The van der Waals surface area contributed by atoms with E-state index in [0.717, 1.165) is 17.5 Å². The Balaban J connectivity index is 1.95. The number of carbonyl (C=O) groups excluding carboxylic acids is 1. The molecule has 1 unspecified atom stereocenters. The molecule has 1 amide bonds. The monoisotopic (exact) mass is 354 g/mol. The number of rotatable bonds is 7. The third-order valence-electron chi connectivity index (χ3n) is 4.23. The van der Waals surface area contributed by atoms with Crippen molar-refractivity contribution in [3.63, 3.8) is 0 Å². The second-order valence-corrected chi connectivity index (χ2v) is 8.92. The van der Waals surface area contributed by atoms with E-state index in [0.29, 0.717) is 19.5 Å². The van der Waals surface area contributed by atoms with E-state index in [4.69, 9.17) is 0 Å². The van der Waals surface area contributed by atoms with Crippen molar-refractivity contribution in [3.8, 4) is 0 Å². The third-order valence-corrected chi connectivity index (χ3v) is 5.17. The fourth-order valence-corrected chi connectivity index (χ4v) is 3.48. The first kappa shape index (κ1) is 18.9. The first-order valence-electron chi connectivity index (χ1n) is 8.15. The molecule has 1 atom stereocenters. The van der Waals surface area contributed by atoms with E-state index in [2.05, 4.69) is 5.32 Å². The average Bonchev–Trinajstić information content (AvgIpc) is 2.48. The number of benzene rings is 1. The van der Waals surface area contributed by atoms with Gasteiger partial charge in [0, 0.05) is 32.4 Å². The van der Waals surface area contributed by atoms with Crippen LogP contribution < -0.4 is 5.32 Å². The Bertz CT molecular complexity index is 690. The quantitative estimate of drug-likeness (QED) is 0.696. The molecule has 1 aliphatic rings. The van der Waals surface area contributed by atoms with Gasteiger partial charge in [-0.25, -0.2) is 8.42 Å². The van der Waals surface area contributed by atoms with Gasteiger partial charge in [0.05, 0.1) is 5.75 Å². The van der Waals surface area contributed by atoms with E-state index in [1.54, 1.807) is 4.90 Å². The Kier molecular flexibility index (Phi) is 6.01. The highest BCUT2D eigenvalue weighted by Gasteiger charge is 2.41. The number of nitrogens with one attached hydrogen (secondary N) is 1. The van der Waals surface area contributed by atoms with Gasteiger partial charge >= 0.3 is 0 Å². The van der Waals surface area contributed by atoms with Crippen LogP contribution in [0.4, 0.5) is 0 Å². The predicted octanol–water partition coefficient (Wildman–Crippen LogP) is 0.483. The molecule has 7 heteroatoms. The van der Waals surface area contributed by atoms with Crippen LogP contribution in [0.3, 0.4) is 0 Å². The van der Waals surface area contributed by atoms with E-state index in [9.17, 15) is 18.3 Å². The van der Waals surface area contributed by atoms with Crippen molar-refractivity contribution in [2.75, 3.05) is 31.6 Å². The first-order valence-corrected chi connectivity index (χ1v) is 10.2. The van der Waals surface area contributed by atoms with Gasteiger partial charge in [-0.15, -0.1) is 0 Å². The summed E-state index contributed by atoms with van der Waals surface area (Å²) in [5.74, 6) is -0.299. The zero-order valence-electron chi connectivity index (χ0n) is 14.3. The second-order valence-electron chi connectivity index (χ2n) is 6.66. The van der Waals surface area contributed by atoms with Crippen molar-refractivity contribution < 1.29 is 18.3 Å². The van der Waals surface area contributed by atoms with E-state index in [1.807, 2.05) is 31.2 Å². The normalized spacial score (nSPS) is 22.0. The first-order chi connectivity index (χ1) is 11.2. The van der Waals surface area contributed by atoms with Gasteiger partial charge in [-0.3, -0.25) is 4.79 Å². The van der Waals surface area contributed by atoms with Gasteiger partial charge in [-0.05, 0) is 25.3 Å². The van der Waals surface area contributed by atoms with Crippen LogP contribution in [0.2, 0.25) is 0 Å². The molecule has 2 rings (SSSR count). The summed E-state index contributed by atoms with van der Waals surface area (Å²) in [5, 5.41) is 13.6. The standard InChI is InChI=1S/C17H26N2O4S/c1-14-5-3-6-15(11-14)12-19-9-4-7-17(21,16(19)20)13-18-8-10-24(2,22)23/h3,5-6,11,18,21H,4,7-10,12-13H2,1-2H3. The van der Waals surface area contributed by atoms with Crippen LogP contribution in [0.25, 0.3) is 0 Å². The van der Waals surface area contributed by atoms with E-state index < -0.39 is 15.4 Å². The molecule has 0 spiro atoms. The van der Waals surface area contributed by atoms with Gasteiger partial charge in [0.2, 0.25) is 0 Å². The maximum absolute atomic E-state index is 12.6. The Morgan fingerprint density at radius 2 is 2.12 bits per heavy atom. The van der Waals surface area contributed by atoms with Crippen molar-refractivity contribution >= 4 is 15.7 Å². The molecule has 1 fully saturated rings. The molecule has 0 saturated carbocycles. The molecule has 0 aromatic heterocycles. The van der Waals surface area contributed by atoms with E-state index in [-0.39, 0.29) is 24.7 Å². The number of aryl methyl sites for hydroxylation is 1. The lowest BCUT2D eigenvalue weighted by atomic mass is 9.91. The highest BCUT2D eigenvalue weighted by molar-refractivity contribution is 7.90. The minimum atomic E-state index is -3.06. The van der Waals surface area contributed by atoms with Gasteiger partial charge in [-0.2, -0.15) is 0 Å². The number of likely N-dealkylation sites (tertiary alicyclic amines) is 1. The van der Waals surface area contributed by atoms with Crippen LogP contribution in [0.15, 0.2) is 24.3 Å². The zero-order valence-corrected chi connectivity index (χ0v) is 15.1. The number of amides is 1. The Morgan fingerprint density at radius 1 is 1.38 bits per heavy atom. The number of piperidine rings is 1. The lowest BCUT2D eigenvalue weighted by molar-refractivity contribution is -0.157. The molecule has 1 saturated heterocycles. The summed E-state index contributed by atoms with van der Waals surface area (Å²) in [5.41, 5.74) is 0.715. The summed E-state index contributed by atoms with van der Waals surface area (Å²) in [6.45, 7) is 3.41. The molecule has 1 aromatic rings. The smallest absolute Gasteiger partial charge is 0.256 e. The fraction of sp³-hybridized carbons (Fsp3) is 0.588. The topological polar surface area (TPSA) is 86.7 Å². The zero-order chi connectivity index (χ0) is 17.8. The molecule has 6 nitrogen and oxygen atoms in total. The summed E-state index contributed by atoms with van der Waals surface area (Å²) in [7, 11) is -3.06. The molecule has 1 aromatic carbocycles. The molecule has 24 heavy (non-hydrogen) atoms. The lowest BCUT2D eigenvalue weighted by Gasteiger charge is -2.38. The van der Waals surface area contributed by atoms with Crippen LogP contribution in [0, 0.1) is 6.92 Å². The number of hydrogen-bond acceptors (Lipinski definition) is 5.